The van der Waals surface area contributed by atoms with Crippen LogP contribution in [0.25, 0.3) is 39.1 Å². The molecule has 6 nitrogen and oxygen atoms in total. The van der Waals surface area contributed by atoms with E-state index >= 15 is 0 Å². The van der Waals surface area contributed by atoms with Crippen molar-refractivity contribution < 1.29 is 5.11 Å². The first-order valence-electron chi connectivity index (χ1n) is 11.6. The van der Waals surface area contributed by atoms with Crippen LogP contribution in [-0.2, 0) is 5.54 Å². The molecule has 0 atom stereocenters. The van der Waals surface area contributed by atoms with Crippen LogP contribution in [0.1, 0.15) is 36.6 Å². The molecule has 34 heavy (non-hydrogen) atoms. The highest BCUT2D eigenvalue weighted by Gasteiger charge is 2.49. The molecular formula is C28H27N5O. The molecule has 0 spiro atoms. The van der Waals surface area contributed by atoms with Crippen LogP contribution in [0.3, 0.4) is 0 Å². The Balaban J connectivity index is 1.54. The summed E-state index contributed by atoms with van der Waals surface area (Å²) in [6.07, 6.45) is 2.99. The first-order chi connectivity index (χ1) is 16.2. The van der Waals surface area contributed by atoms with E-state index in [9.17, 15) is 5.11 Å². The van der Waals surface area contributed by atoms with Crippen LogP contribution in [0.2, 0.25) is 0 Å². The molecule has 1 saturated carbocycles. The smallest absolute Gasteiger partial charge is 0.165 e. The minimum atomic E-state index is -0.688. The third-order valence-corrected chi connectivity index (χ3v) is 6.84. The molecule has 0 saturated heterocycles. The van der Waals surface area contributed by atoms with Crippen LogP contribution in [0, 0.1) is 13.8 Å². The Morgan fingerprint density at radius 1 is 0.971 bits per heavy atom. The van der Waals surface area contributed by atoms with Gasteiger partial charge in [0.15, 0.2) is 11.3 Å². The number of pyridine rings is 1. The normalized spacial score (nSPS) is 22.3. The molecule has 5 aromatic rings. The second kappa shape index (κ2) is 7.19. The van der Waals surface area contributed by atoms with Crippen LogP contribution in [0.4, 0.5) is 0 Å². The number of hydrogen-bond acceptors (Lipinski definition) is 5. The van der Waals surface area contributed by atoms with Gasteiger partial charge in [-0.1, -0.05) is 54.1 Å². The highest BCUT2D eigenvalue weighted by Crippen LogP contribution is 2.46. The van der Waals surface area contributed by atoms with Gasteiger partial charge >= 0.3 is 0 Å². The molecule has 0 amide bonds. The Morgan fingerprint density at radius 2 is 1.74 bits per heavy atom. The van der Waals surface area contributed by atoms with Gasteiger partial charge in [-0.15, -0.1) is 0 Å². The van der Waals surface area contributed by atoms with Crippen molar-refractivity contribution in [3.63, 3.8) is 0 Å². The first-order valence-corrected chi connectivity index (χ1v) is 11.6. The van der Waals surface area contributed by atoms with Crippen molar-refractivity contribution in [2.24, 2.45) is 5.73 Å². The van der Waals surface area contributed by atoms with Gasteiger partial charge in [-0.3, -0.25) is 0 Å². The van der Waals surface area contributed by atoms with Crippen LogP contribution in [-0.4, -0.2) is 30.3 Å². The Labute approximate surface area is 198 Å². The molecular weight excluding hydrogens is 422 g/mol. The molecule has 6 rings (SSSR count). The fourth-order valence-corrected chi connectivity index (χ4v) is 5.38. The lowest BCUT2D eigenvalue weighted by Crippen LogP contribution is -2.58. The van der Waals surface area contributed by atoms with Crippen molar-refractivity contribution in [3.8, 4) is 22.4 Å². The van der Waals surface area contributed by atoms with Gasteiger partial charge in [-0.05, 0) is 50.8 Å². The van der Waals surface area contributed by atoms with Gasteiger partial charge in [0.05, 0.1) is 17.0 Å². The third kappa shape index (κ3) is 3.38. The highest BCUT2D eigenvalue weighted by molar-refractivity contribution is 5.90. The summed E-state index contributed by atoms with van der Waals surface area (Å²) in [6.45, 7) is 5.90. The SMILES string of the molecule is Cc1cccc(-c2cc3cnc4cc(C)nn4c3nc2-c2ccc([C@]3(N)C[C@@](C)(O)C3)cc2)c1. The first kappa shape index (κ1) is 21.0. The molecule has 1 fully saturated rings. The lowest BCUT2D eigenvalue weighted by molar-refractivity contribution is -0.0738. The van der Waals surface area contributed by atoms with E-state index in [1.807, 2.05) is 30.6 Å². The van der Waals surface area contributed by atoms with Gasteiger partial charge < -0.3 is 10.8 Å². The third-order valence-electron chi connectivity index (χ3n) is 6.84. The van der Waals surface area contributed by atoms with Crippen LogP contribution >= 0.6 is 0 Å². The Kier molecular flexibility index (Phi) is 4.43. The lowest BCUT2D eigenvalue weighted by atomic mass is 9.63. The molecule has 0 bridgehead atoms. The number of aliphatic hydroxyl groups is 1. The summed E-state index contributed by atoms with van der Waals surface area (Å²) in [4.78, 5) is 9.71. The maximum atomic E-state index is 10.2. The molecule has 2 aromatic carbocycles. The molecule has 0 radical (unpaired) electrons. The van der Waals surface area contributed by atoms with E-state index in [0.717, 1.165) is 50.3 Å². The van der Waals surface area contributed by atoms with Gasteiger partial charge in [-0.25, -0.2) is 9.97 Å². The van der Waals surface area contributed by atoms with Gasteiger partial charge in [0, 0.05) is 34.3 Å². The van der Waals surface area contributed by atoms with Gasteiger partial charge in [0.2, 0.25) is 0 Å². The van der Waals surface area contributed by atoms with Crippen LogP contribution < -0.4 is 5.73 Å². The summed E-state index contributed by atoms with van der Waals surface area (Å²) in [7, 11) is 0. The summed E-state index contributed by atoms with van der Waals surface area (Å²) in [6, 6.07) is 20.9. The number of aryl methyl sites for hydroxylation is 2. The minimum absolute atomic E-state index is 0.483. The van der Waals surface area contributed by atoms with Crippen molar-refractivity contribution >= 4 is 16.7 Å². The van der Waals surface area contributed by atoms with E-state index in [2.05, 4.69) is 71.6 Å². The zero-order valence-corrected chi connectivity index (χ0v) is 19.6. The van der Waals surface area contributed by atoms with E-state index in [1.54, 1.807) is 0 Å². The summed E-state index contributed by atoms with van der Waals surface area (Å²) >= 11 is 0. The summed E-state index contributed by atoms with van der Waals surface area (Å²) < 4.78 is 1.81. The van der Waals surface area contributed by atoms with Crippen molar-refractivity contribution in [1.29, 1.82) is 0 Å². The zero-order chi connectivity index (χ0) is 23.7. The zero-order valence-electron chi connectivity index (χ0n) is 19.6. The summed E-state index contributed by atoms with van der Waals surface area (Å²) in [5.41, 5.74) is 14.1. The largest absolute Gasteiger partial charge is 0.390 e. The second-order valence-electron chi connectivity index (χ2n) is 10.1. The van der Waals surface area contributed by atoms with E-state index < -0.39 is 11.1 Å². The van der Waals surface area contributed by atoms with Crippen molar-refractivity contribution in [2.75, 3.05) is 0 Å². The van der Waals surface area contributed by atoms with Gasteiger partial charge in [0.25, 0.3) is 0 Å². The molecule has 3 aromatic heterocycles. The predicted molar refractivity (Wildman–Crippen MR) is 134 cm³/mol. The molecule has 3 N–H and O–H groups in total. The minimum Gasteiger partial charge on any atom is -0.390 e. The van der Waals surface area contributed by atoms with Crippen molar-refractivity contribution in [3.05, 3.63) is 83.7 Å². The summed E-state index contributed by atoms with van der Waals surface area (Å²) in [5, 5.41) is 15.8. The van der Waals surface area contributed by atoms with E-state index in [-0.39, 0.29) is 0 Å². The average molecular weight is 450 g/mol. The van der Waals surface area contributed by atoms with E-state index in [1.165, 1.54) is 5.56 Å². The van der Waals surface area contributed by atoms with E-state index in [0.29, 0.717) is 12.8 Å². The number of benzene rings is 2. The fourth-order valence-electron chi connectivity index (χ4n) is 5.38. The Hall–Kier alpha value is -3.61. The summed E-state index contributed by atoms with van der Waals surface area (Å²) in [5.74, 6) is 0. The number of fused-ring (bicyclic) bond motifs is 3. The molecule has 3 heterocycles. The quantitative estimate of drug-likeness (QED) is 0.408. The maximum Gasteiger partial charge on any atom is 0.165 e. The molecule has 1 aliphatic carbocycles. The standard InChI is InChI=1S/C28H27N5O/c1-17-5-4-6-20(11-17)23-13-21-14-30-24-12-18(2)32-33(24)26(21)31-25(23)19-7-9-22(10-8-19)28(29)15-27(3,34)16-28/h4-14,34H,15-16,29H2,1-3H3/t27-,28+. The monoisotopic (exact) mass is 449 g/mol. The van der Waals surface area contributed by atoms with E-state index in [4.69, 9.17) is 10.7 Å². The van der Waals surface area contributed by atoms with Gasteiger partial charge in [-0.2, -0.15) is 9.61 Å². The van der Waals surface area contributed by atoms with Crippen molar-refractivity contribution in [2.45, 2.75) is 44.8 Å². The lowest BCUT2D eigenvalue weighted by Gasteiger charge is -2.49. The number of rotatable bonds is 3. The average Bonchev–Trinajstić information content (AvgIpc) is 3.18. The maximum absolute atomic E-state index is 10.2. The van der Waals surface area contributed by atoms with Crippen LogP contribution in [0.15, 0.2) is 66.9 Å². The Morgan fingerprint density at radius 3 is 2.44 bits per heavy atom. The second-order valence-corrected chi connectivity index (χ2v) is 10.1. The fraction of sp³-hybridized carbons (Fsp3) is 0.250. The van der Waals surface area contributed by atoms with Crippen LogP contribution in [0.5, 0.6) is 0 Å². The predicted octanol–water partition coefficient (Wildman–Crippen LogP) is 4.93. The van der Waals surface area contributed by atoms with Crippen molar-refractivity contribution in [1.82, 2.24) is 19.6 Å². The number of nitrogens with zero attached hydrogens (tertiary/aromatic N) is 4. The number of aromatic nitrogens is 4. The molecule has 170 valence electrons. The molecule has 1 aliphatic rings. The number of nitrogens with two attached hydrogens (primary N) is 1. The highest BCUT2D eigenvalue weighted by atomic mass is 16.3. The molecule has 0 aliphatic heterocycles. The number of hydrogen-bond donors (Lipinski definition) is 2. The molecule has 0 unspecified atom stereocenters. The molecule has 6 heteroatoms. The topological polar surface area (TPSA) is 89.3 Å². The van der Waals surface area contributed by atoms with Gasteiger partial charge in [0.1, 0.15) is 0 Å². The Bertz CT molecular complexity index is 1560.